The fourth-order valence-electron chi connectivity index (χ4n) is 3.91. The summed E-state index contributed by atoms with van der Waals surface area (Å²) >= 11 is 0. The number of esters is 1. The summed E-state index contributed by atoms with van der Waals surface area (Å²) in [4.78, 5) is 16.2. The zero-order chi connectivity index (χ0) is 19.3. The highest BCUT2D eigenvalue weighted by Gasteiger charge is 2.44. The van der Waals surface area contributed by atoms with Crippen LogP contribution in [0.25, 0.3) is 0 Å². The number of carbonyl (C=O) groups excluding carboxylic acids is 1. The second-order valence-corrected chi connectivity index (χ2v) is 7.66. The average Bonchev–Trinajstić information content (AvgIpc) is 3.47. The Morgan fingerprint density at radius 1 is 1.29 bits per heavy atom. The van der Waals surface area contributed by atoms with Gasteiger partial charge in [-0.15, -0.1) is 24.0 Å². The summed E-state index contributed by atoms with van der Waals surface area (Å²) in [5.41, 5.74) is 1.07. The molecule has 3 rings (SSSR count). The van der Waals surface area contributed by atoms with Gasteiger partial charge in [-0.1, -0.05) is 12.1 Å². The Morgan fingerprint density at radius 2 is 2.00 bits per heavy atom. The monoisotopic (exact) mass is 503 g/mol. The van der Waals surface area contributed by atoms with Crippen LogP contribution in [0, 0.1) is 11.7 Å². The normalized spacial score (nSPS) is 23.3. The highest BCUT2D eigenvalue weighted by atomic mass is 127. The largest absolute Gasteiger partial charge is 0.466 e. The van der Waals surface area contributed by atoms with E-state index >= 15 is 0 Å². The molecule has 0 saturated heterocycles. The molecule has 28 heavy (non-hydrogen) atoms. The summed E-state index contributed by atoms with van der Waals surface area (Å²) < 4.78 is 18.7. The summed E-state index contributed by atoms with van der Waals surface area (Å²) in [7, 11) is 1.77. The molecule has 2 N–H and O–H groups in total. The molecule has 0 unspecified atom stereocenters. The molecular formula is C21H31FIN3O2. The lowest BCUT2D eigenvalue weighted by Crippen LogP contribution is -2.47. The standard InChI is InChI=1S/C21H30FN3O2.HI/c1-3-27-19(26)15-7-9-18(10-8-15)25-20(23-2)24-14-21(11-12-21)16-5-4-6-17(22)13-16;/h4-6,13,15,18H,3,7-12,14H2,1-2H3,(H2,23,24,25);1H. The van der Waals surface area contributed by atoms with E-state index < -0.39 is 0 Å². The van der Waals surface area contributed by atoms with E-state index in [-0.39, 0.29) is 47.1 Å². The highest BCUT2D eigenvalue weighted by molar-refractivity contribution is 14.0. The Kier molecular flexibility index (Phi) is 8.52. The molecule has 7 heteroatoms. The molecule has 0 heterocycles. The van der Waals surface area contributed by atoms with Crippen molar-refractivity contribution in [3.63, 3.8) is 0 Å². The number of ether oxygens (including phenoxy) is 1. The van der Waals surface area contributed by atoms with Gasteiger partial charge < -0.3 is 15.4 Å². The summed E-state index contributed by atoms with van der Waals surface area (Å²) in [6.45, 7) is 3.03. The quantitative estimate of drug-likeness (QED) is 0.269. The van der Waals surface area contributed by atoms with Crippen molar-refractivity contribution in [1.82, 2.24) is 10.6 Å². The second kappa shape index (κ2) is 10.4. The van der Waals surface area contributed by atoms with Crippen LogP contribution in [0.4, 0.5) is 4.39 Å². The van der Waals surface area contributed by atoms with Gasteiger partial charge in [-0.2, -0.15) is 0 Å². The van der Waals surface area contributed by atoms with Gasteiger partial charge in [0, 0.05) is 25.0 Å². The van der Waals surface area contributed by atoms with Gasteiger partial charge in [0.1, 0.15) is 5.82 Å². The molecule has 0 amide bonds. The minimum atomic E-state index is -0.181. The van der Waals surface area contributed by atoms with Crippen LogP contribution in [-0.2, 0) is 14.9 Å². The Labute approximate surface area is 183 Å². The number of halogens is 2. The lowest BCUT2D eigenvalue weighted by atomic mass is 9.86. The van der Waals surface area contributed by atoms with E-state index in [1.165, 1.54) is 6.07 Å². The van der Waals surface area contributed by atoms with E-state index in [2.05, 4.69) is 15.6 Å². The number of carbonyl (C=O) groups is 1. The fourth-order valence-corrected chi connectivity index (χ4v) is 3.91. The third-order valence-corrected chi connectivity index (χ3v) is 5.80. The number of aliphatic imine (C=N–C) groups is 1. The molecular weight excluding hydrogens is 472 g/mol. The third-order valence-electron chi connectivity index (χ3n) is 5.80. The zero-order valence-corrected chi connectivity index (χ0v) is 19.0. The molecule has 0 radical (unpaired) electrons. The number of rotatable bonds is 6. The summed E-state index contributed by atoms with van der Waals surface area (Å²) in [6, 6.07) is 7.22. The number of benzene rings is 1. The van der Waals surface area contributed by atoms with Crippen molar-refractivity contribution in [3.8, 4) is 0 Å². The Morgan fingerprint density at radius 3 is 2.57 bits per heavy atom. The number of hydrogen-bond donors (Lipinski definition) is 2. The number of hydrogen-bond acceptors (Lipinski definition) is 3. The van der Waals surface area contributed by atoms with Crippen LogP contribution >= 0.6 is 24.0 Å². The minimum Gasteiger partial charge on any atom is -0.466 e. The molecule has 1 aromatic rings. The van der Waals surface area contributed by atoms with Crippen molar-refractivity contribution in [2.45, 2.75) is 56.9 Å². The van der Waals surface area contributed by atoms with E-state index in [4.69, 9.17) is 4.74 Å². The van der Waals surface area contributed by atoms with Crippen molar-refractivity contribution in [2.75, 3.05) is 20.2 Å². The molecule has 0 bridgehead atoms. The van der Waals surface area contributed by atoms with Gasteiger partial charge in [-0.3, -0.25) is 9.79 Å². The Bertz CT molecular complexity index is 686. The summed E-state index contributed by atoms with van der Waals surface area (Å²) in [5.74, 6) is 0.557. The smallest absolute Gasteiger partial charge is 0.308 e. The van der Waals surface area contributed by atoms with Crippen molar-refractivity contribution >= 4 is 35.9 Å². The maximum atomic E-state index is 13.5. The van der Waals surface area contributed by atoms with E-state index in [0.717, 1.165) is 56.6 Å². The Balaban J connectivity index is 0.00000280. The molecule has 2 saturated carbocycles. The highest BCUT2D eigenvalue weighted by Crippen LogP contribution is 2.47. The summed E-state index contributed by atoms with van der Waals surface area (Å²) in [5, 5.41) is 6.89. The molecule has 2 aliphatic rings. The topological polar surface area (TPSA) is 62.7 Å². The van der Waals surface area contributed by atoms with Crippen LogP contribution in [0.3, 0.4) is 0 Å². The molecule has 0 spiro atoms. The van der Waals surface area contributed by atoms with Crippen molar-refractivity contribution in [1.29, 1.82) is 0 Å². The van der Waals surface area contributed by atoms with Gasteiger partial charge in [0.05, 0.1) is 12.5 Å². The van der Waals surface area contributed by atoms with Crippen molar-refractivity contribution in [2.24, 2.45) is 10.9 Å². The molecule has 0 aliphatic heterocycles. The van der Waals surface area contributed by atoms with Crippen LogP contribution < -0.4 is 10.6 Å². The van der Waals surface area contributed by atoms with Gasteiger partial charge in [0.15, 0.2) is 5.96 Å². The molecule has 156 valence electrons. The number of nitrogens with zero attached hydrogens (tertiary/aromatic N) is 1. The first-order valence-electron chi connectivity index (χ1n) is 9.96. The SMILES string of the molecule is CCOC(=O)C1CCC(NC(=NC)NCC2(c3cccc(F)c3)CC2)CC1.I. The molecule has 2 aliphatic carbocycles. The summed E-state index contributed by atoms with van der Waals surface area (Å²) in [6.07, 6.45) is 5.68. The van der Waals surface area contributed by atoms with Gasteiger partial charge in [-0.05, 0) is 63.1 Å². The maximum Gasteiger partial charge on any atom is 0.308 e. The Hall–Kier alpha value is -1.38. The molecule has 1 aromatic carbocycles. The van der Waals surface area contributed by atoms with Crippen LogP contribution in [0.1, 0.15) is 51.0 Å². The van der Waals surface area contributed by atoms with Crippen LogP contribution in [0.2, 0.25) is 0 Å². The molecule has 0 aromatic heterocycles. The van der Waals surface area contributed by atoms with Crippen LogP contribution in [-0.4, -0.2) is 38.2 Å². The maximum absolute atomic E-state index is 13.5. The predicted octanol–water partition coefficient (Wildman–Crippen LogP) is 3.76. The lowest BCUT2D eigenvalue weighted by Gasteiger charge is -2.29. The molecule has 2 fully saturated rings. The van der Waals surface area contributed by atoms with E-state index in [1.54, 1.807) is 19.2 Å². The first-order chi connectivity index (χ1) is 13.1. The van der Waals surface area contributed by atoms with E-state index in [0.29, 0.717) is 12.6 Å². The lowest BCUT2D eigenvalue weighted by molar-refractivity contribution is -0.149. The van der Waals surface area contributed by atoms with Gasteiger partial charge >= 0.3 is 5.97 Å². The molecule has 5 nitrogen and oxygen atoms in total. The number of guanidine groups is 1. The molecule has 0 atom stereocenters. The second-order valence-electron chi connectivity index (χ2n) is 7.66. The van der Waals surface area contributed by atoms with Crippen molar-refractivity contribution < 1.29 is 13.9 Å². The van der Waals surface area contributed by atoms with Crippen molar-refractivity contribution in [3.05, 3.63) is 35.6 Å². The third kappa shape index (κ3) is 5.81. The van der Waals surface area contributed by atoms with Gasteiger partial charge in [-0.25, -0.2) is 4.39 Å². The first kappa shape index (κ1) is 22.9. The first-order valence-corrected chi connectivity index (χ1v) is 9.96. The average molecular weight is 503 g/mol. The van der Waals surface area contributed by atoms with E-state index in [9.17, 15) is 9.18 Å². The van der Waals surface area contributed by atoms with Gasteiger partial charge in [0.25, 0.3) is 0 Å². The predicted molar refractivity (Wildman–Crippen MR) is 120 cm³/mol. The number of nitrogens with one attached hydrogen (secondary N) is 2. The fraction of sp³-hybridized carbons (Fsp3) is 0.619. The van der Waals surface area contributed by atoms with Crippen LogP contribution in [0.5, 0.6) is 0 Å². The van der Waals surface area contributed by atoms with E-state index in [1.807, 2.05) is 13.0 Å². The zero-order valence-electron chi connectivity index (χ0n) is 16.7. The van der Waals surface area contributed by atoms with Gasteiger partial charge in [0.2, 0.25) is 0 Å². The van der Waals surface area contributed by atoms with Crippen LogP contribution in [0.15, 0.2) is 29.3 Å². The minimum absolute atomic E-state index is 0.